The van der Waals surface area contributed by atoms with E-state index in [1.54, 1.807) is 7.05 Å². The van der Waals surface area contributed by atoms with Crippen LogP contribution in [0.15, 0.2) is 11.4 Å². The Balaban J connectivity index is 3.26. The highest BCUT2D eigenvalue weighted by Gasteiger charge is 2.17. The Hall–Kier alpha value is -2.09. The van der Waals surface area contributed by atoms with Gasteiger partial charge in [0.05, 0.1) is 13.7 Å². The number of methoxy groups -OCH3 is 1. The van der Waals surface area contributed by atoms with Crippen molar-refractivity contribution in [2.75, 3.05) is 20.8 Å². The minimum absolute atomic E-state index is 0.121. The molecule has 94 valence electrons. The zero-order valence-corrected chi connectivity index (χ0v) is 10.0. The molecule has 0 unspecified atom stereocenters. The molecule has 8 heteroatoms. The lowest BCUT2D eigenvalue weighted by Crippen LogP contribution is -2.26. The smallest absolute Gasteiger partial charge is 0.231 e. The van der Waals surface area contributed by atoms with Gasteiger partial charge in [0.2, 0.25) is 11.8 Å². The van der Waals surface area contributed by atoms with Gasteiger partial charge >= 0.3 is 0 Å². The predicted octanol–water partition coefficient (Wildman–Crippen LogP) is -0.690. The Labute approximate surface area is 99.2 Å². The number of amidine groups is 1. The number of hydrogen-bond donors (Lipinski definition) is 2. The maximum Gasteiger partial charge on any atom is 0.231 e. The molecule has 17 heavy (non-hydrogen) atoms. The largest absolute Gasteiger partial charge is 0.480 e. The normalized spacial score (nSPS) is 11.2. The van der Waals surface area contributed by atoms with Crippen LogP contribution in [-0.2, 0) is 0 Å². The van der Waals surface area contributed by atoms with Gasteiger partial charge in [0.25, 0.3) is 0 Å². The van der Waals surface area contributed by atoms with Crippen LogP contribution < -0.4 is 21.1 Å². The van der Waals surface area contributed by atoms with Crippen LogP contribution in [0.2, 0.25) is 0 Å². The fourth-order valence-electron chi connectivity index (χ4n) is 1.19. The number of aromatic nitrogens is 2. The molecule has 1 rings (SSSR count). The molecule has 0 amide bonds. The van der Waals surface area contributed by atoms with Crippen molar-refractivity contribution in [1.29, 1.82) is 0 Å². The molecule has 8 nitrogen and oxygen atoms in total. The summed E-state index contributed by atoms with van der Waals surface area (Å²) in [5, 5.41) is 4.95. The van der Waals surface area contributed by atoms with Crippen LogP contribution in [0, 0.1) is 0 Å². The van der Waals surface area contributed by atoms with E-state index in [4.69, 9.17) is 21.1 Å². The summed E-state index contributed by atoms with van der Waals surface area (Å²) in [4.78, 5) is 7.91. The second-order valence-corrected chi connectivity index (χ2v) is 3.06. The standard InChI is InChI=1S/C9H16N6O2/c1-4-17-9-6(7(10)14-15(2)11)8(16-3)12-5-13-9/h5H,4,11H2,1-3H3,(H2,10,14). The summed E-state index contributed by atoms with van der Waals surface area (Å²) >= 11 is 0. The summed E-state index contributed by atoms with van der Waals surface area (Å²) in [5.74, 6) is 6.10. The van der Waals surface area contributed by atoms with E-state index in [-0.39, 0.29) is 11.7 Å². The highest BCUT2D eigenvalue weighted by Crippen LogP contribution is 2.23. The second-order valence-electron chi connectivity index (χ2n) is 3.06. The first-order valence-corrected chi connectivity index (χ1v) is 4.94. The maximum atomic E-state index is 5.79. The fourth-order valence-corrected chi connectivity index (χ4v) is 1.19. The average Bonchev–Trinajstić information content (AvgIpc) is 2.28. The van der Waals surface area contributed by atoms with Crippen molar-refractivity contribution in [3.63, 3.8) is 0 Å². The third kappa shape index (κ3) is 3.18. The highest BCUT2D eigenvalue weighted by molar-refractivity contribution is 6.01. The fraction of sp³-hybridized carbons (Fsp3) is 0.444. The van der Waals surface area contributed by atoms with E-state index in [0.29, 0.717) is 18.1 Å². The zero-order valence-electron chi connectivity index (χ0n) is 10.0. The molecule has 0 aromatic carbocycles. The average molecular weight is 240 g/mol. The number of hydrazine groups is 1. The molecular weight excluding hydrogens is 224 g/mol. The van der Waals surface area contributed by atoms with Crippen LogP contribution in [0.3, 0.4) is 0 Å². The predicted molar refractivity (Wildman–Crippen MR) is 62.4 cm³/mol. The van der Waals surface area contributed by atoms with Crippen molar-refractivity contribution in [3.8, 4) is 11.8 Å². The van der Waals surface area contributed by atoms with E-state index in [0.717, 1.165) is 5.12 Å². The zero-order chi connectivity index (χ0) is 12.8. The van der Waals surface area contributed by atoms with Gasteiger partial charge in [0.15, 0.2) is 5.84 Å². The summed E-state index contributed by atoms with van der Waals surface area (Å²) in [5.41, 5.74) is 6.18. The summed E-state index contributed by atoms with van der Waals surface area (Å²) in [6.07, 6.45) is 1.33. The van der Waals surface area contributed by atoms with Gasteiger partial charge in [-0.3, -0.25) is 0 Å². The van der Waals surface area contributed by atoms with Crippen molar-refractivity contribution in [3.05, 3.63) is 11.9 Å². The Morgan fingerprint density at radius 2 is 2.12 bits per heavy atom. The van der Waals surface area contributed by atoms with Crippen molar-refractivity contribution in [2.24, 2.45) is 16.7 Å². The summed E-state index contributed by atoms with van der Waals surface area (Å²) in [6.45, 7) is 2.28. The monoisotopic (exact) mass is 240 g/mol. The van der Waals surface area contributed by atoms with Crippen LogP contribution in [0.4, 0.5) is 0 Å². The summed E-state index contributed by atoms with van der Waals surface area (Å²) in [7, 11) is 3.02. The van der Waals surface area contributed by atoms with Gasteiger partial charge in [-0.2, -0.15) is 0 Å². The van der Waals surface area contributed by atoms with Gasteiger partial charge in [-0.1, -0.05) is 0 Å². The van der Waals surface area contributed by atoms with Gasteiger partial charge in [-0.15, -0.1) is 5.10 Å². The molecular formula is C9H16N6O2. The van der Waals surface area contributed by atoms with Gasteiger partial charge in [0, 0.05) is 7.05 Å². The third-order valence-corrected chi connectivity index (χ3v) is 1.77. The summed E-state index contributed by atoms with van der Waals surface area (Å²) < 4.78 is 10.4. The molecule has 0 fully saturated rings. The first-order chi connectivity index (χ1) is 8.10. The first kappa shape index (κ1) is 13.0. The molecule has 4 N–H and O–H groups in total. The number of hydrazone groups is 1. The van der Waals surface area contributed by atoms with Crippen LogP contribution >= 0.6 is 0 Å². The lowest BCUT2D eigenvalue weighted by Gasteiger charge is -2.12. The number of hydrogen-bond acceptors (Lipinski definition) is 7. The topological polar surface area (TPSA) is 112 Å². The maximum absolute atomic E-state index is 5.79. The number of nitrogens with zero attached hydrogens (tertiary/aromatic N) is 4. The Morgan fingerprint density at radius 3 is 2.65 bits per heavy atom. The highest BCUT2D eigenvalue weighted by atomic mass is 16.5. The third-order valence-electron chi connectivity index (χ3n) is 1.77. The number of rotatable bonds is 5. The van der Waals surface area contributed by atoms with Crippen LogP contribution in [0.25, 0.3) is 0 Å². The van der Waals surface area contributed by atoms with Crippen molar-refractivity contribution in [2.45, 2.75) is 6.92 Å². The molecule has 0 aliphatic heterocycles. The van der Waals surface area contributed by atoms with Crippen LogP contribution in [0.1, 0.15) is 12.5 Å². The Kier molecular flexibility index (Phi) is 4.46. The van der Waals surface area contributed by atoms with E-state index >= 15 is 0 Å². The molecule has 0 radical (unpaired) electrons. The SMILES string of the molecule is CCOc1ncnc(OC)c1/C(N)=N/N(C)N. The summed E-state index contributed by atoms with van der Waals surface area (Å²) in [6, 6.07) is 0. The molecule has 0 atom stereocenters. The molecule has 0 saturated heterocycles. The molecule has 0 bridgehead atoms. The minimum Gasteiger partial charge on any atom is -0.480 e. The van der Waals surface area contributed by atoms with Gasteiger partial charge in [-0.05, 0) is 6.92 Å². The molecule has 1 heterocycles. The van der Waals surface area contributed by atoms with Gasteiger partial charge in [0.1, 0.15) is 11.9 Å². The molecule has 1 aromatic rings. The van der Waals surface area contributed by atoms with Crippen LogP contribution in [-0.4, -0.2) is 41.7 Å². The first-order valence-electron chi connectivity index (χ1n) is 4.94. The molecule has 0 spiro atoms. The van der Waals surface area contributed by atoms with Gasteiger partial charge in [-0.25, -0.2) is 20.9 Å². The lowest BCUT2D eigenvalue weighted by molar-refractivity contribution is 0.318. The van der Waals surface area contributed by atoms with Crippen molar-refractivity contribution >= 4 is 5.84 Å². The van der Waals surface area contributed by atoms with E-state index in [9.17, 15) is 0 Å². The molecule has 1 aromatic heterocycles. The Bertz CT molecular complexity index is 406. The van der Waals surface area contributed by atoms with Gasteiger partial charge < -0.3 is 15.2 Å². The number of ether oxygens (including phenoxy) is 2. The number of nitrogens with two attached hydrogens (primary N) is 2. The Morgan fingerprint density at radius 1 is 1.47 bits per heavy atom. The van der Waals surface area contributed by atoms with Crippen molar-refractivity contribution in [1.82, 2.24) is 15.1 Å². The molecule has 0 aliphatic rings. The van der Waals surface area contributed by atoms with Crippen LogP contribution in [0.5, 0.6) is 11.8 Å². The minimum atomic E-state index is 0.121. The van der Waals surface area contributed by atoms with E-state index in [1.807, 2.05) is 6.92 Å². The molecule has 0 saturated carbocycles. The second kappa shape index (κ2) is 5.85. The molecule has 0 aliphatic carbocycles. The van der Waals surface area contributed by atoms with E-state index in [2.05, 4.69) is 15.1 Å². The van der Waals surface area contributed by atoms with Crippen molar-refractivity contribution < 1.29 is 9.47 Å². The van der Waals surface area contributed by atoms with E-state index < -0.39 is 0 Å². The quantitative estimate of drug-likeness (QED) is 0.303. The lowest BCUT2D eigenvalue weighted by atomic mass is 10.3. The van der Waals surface area contributed by atoms with E-state index in [1.165, 1.54) is 13.4 Å².